The van der Waals surface area contributed by atoms with Crippen molar-refractivity contribution in [2.75, 3.05) is 20.2 Å². The van der Waals surface area contributed by atoms with Gasteiger partial charge in [-0.3, -0.25) is 9.59 Å². The van der Waals surface area contributed by atoms with Crippen molar-refractivity contribution in [2.24, 2.45) is 5.92 Å². The second kappa shape index (κ2) is 6.72. The number of likely N-dealkylation sites (tertiary alicyclic amines) is 1. The SMILES string of the molecule is COC(=O)CC(=O)[C@H]1CCCN(C(=O)OC(C)(C)C)C1. The highest BCUT2D eigenvalue weighted by Crippen LogP contribution is 2.21. The monoisotopic (exact) mass is 285 g/mol. The zero-order chi connectivity index (χ0) is 15.3. The topological polar surface area (TPSA) is 72.9 Å². The van der Waals surface area contributed by atoms with Crippen molar-refractivity contribution in [2.45, 2.75) is 45.6 Å². The second-order valence-electron chi connectivity index (χ2n) is 5.98. The van der Waals surface area contributed by atoms with Gasteiger partial charge in [0.1, 0.15) is 17.8 Å². The highest BCUT2D eigenvalue weighted by atomic mass is 16.6. The number of carbonyl (C=O) groups is 3. The van der Waals surface area contributed by atoms with Crippen molar-refractivity contribution in [1.29, 1.82) is 0 Å². The number of Topliss-reactive ketones (excluding diaryl/α,β-unsaturated/α-hetero) is 1. The van der Waals surface area contributed by atoms with Gasteiger partial charge in [0, 0.05) is 19.0 Å². The summed E-state index contributed by atoms with van der Waals surface area (Å²) < 4.78 is 9.78. The molecule has 0 N–H and O–H groups in total. The van der Waals surface area contributed by atoms with E-state index in [-0.39, 0.29) is 18.1 Å². The molecule has 1 fully saturated rings. The van der Waals surface area contributed by atoms with Gasteiger partial charge in [0.25, 0.3) is 0 Å². The molecule has 1 rings (SSSR count). The van der Waals surface area contributed by atoms with E-state index >= 15 is 0 Å². The van der Waals surface area contributed by atoms with Crippen LogP contribution < -0.4 is 0 Å². The average molecular weight is 285 g/mol. The van der Waals surface area contributed by atoms with Gasteiger partial charge < -0.3 is 14.4 Å². The van der Waals surface area contributed by atoms with Crippen LogP contribution in [0.2, 0.25) is 0 Å². The molecular formula is C14H23NO5. The summed E-state index contributed by atoms with van der Waals surface area (Å²) in [5.41, 5.74) is -0.556. The van der Waals surface area contributed by atoms with Gasteiger partial charge in [0.15, 0.2) is 0 Å². The fourth-order valence-electron chi connectivity index (χ4n) is 2.09. The quantitative estimate of drug-likeness (QED) is 0.583. The van der Waals surface area contributed by atoms with Crippen LogP contribution in [0.15, 0.2) is 0 Å². The number of hydrogen-bond acceptors (Lipinski definition) is 5. The molecule has 0 spiro atoms. The first kappa shape index (κ1) is 16.5. The number of ether oxygens (including phenoxy) is 2. The van der Waals surface area contributed by atoms with Crippen molar-refractivity contribution in [3.05, 3.63) is 0 Å². The molecule has 1 saturated heterocycles. The summed E-state index contributed by atoms with van der Waals surface area (Å²) in [6.45, 7) is 6.29. The molecular weight excluding hydrogens is 262 g/mol. The van der Waals surface area contributed by atoms with Gasteiger partial charge in [-0.05, 0) is 33.6 Å². The lowest BCUT2D eigenvalue weighted by molar-refractivity contribution is -0.144. The van der Waals surface area contributed by atoms with E-state index in [2.05, 4.69) is 4.74 Å². The highest BCUT2D eigenvalue weighted by molar-refractivity contribution is 5.97. The van der Waals surface area contributed by atoms with Crippen LogP contribution >= 0.6 is 0 Å². The van der Waals surface area contributed by atoms with E-state index in [0.29, 0.717) is 19.5 Å². The van der Waals surface area contributed by atoms with E-state index in [4.69, 9.17) is 4.74 Å². The summed E-state index contributed by atoms with van der Waals surface area (Å²) in [4.78, 5) is 36.6. The molecule has 6 heteroatoms. The number of piperidine rings is 1. The molecule has 20 heavy (non-hydrogen) atoms. The minimum Gasteiger partial charge on any atom is -0.469 e. The van der Waals surface area contributed by atoms with Crippen molar-refractivity contribution >= 4 is 17.8 Å². The van der Waals surface area contributed by atoms with Crippen molar-refractivity contribution < 1.29 is 23.9 Å². The summed E-state index contributed by atoms with van der Waals surface area (Å²) in [5, 5.41) is 0. The number of nitrogens with zero attached hydrogens (tertiary/aromatic N) is 1. The Morgan fingerprint density at radius 2 is 1.90 bits per heavy atom. The Bertz CT molecular complexity index is 386. The Labute approximate surface area is 119 Å². The van der Waals surface area contributed by atoms with Gasteiger partial charge in [0.05, 0.1) is 7.11 Å². The number of ketones is 1. The zero-order valence-corrected chi connectivity index (χ0v) is 12.6. The molecule has 0 aromatic carbocycles. The summed E-state index contributed by atoms with van der Waals surface area (Å²) in [7, 11) is 1.25. The number of rotatable bonds is 3. The van der Waals surface area contributed by atoms with Crippen molar-refractivity contribution in [1.82, 2.24) is 4.90 Å². The minimum atomic E-state index is -0.556. The minimum absolute atomic E-state index is 0.176. The number of hydrogen-bond donors (Lipinski definition) is 0. The van der Waals surface area contributed by atoms with Crippen LogP contribution in [-0.2, 0) is 19.1 Å². The first-order valence-electron chi connectivity index (χ1n) is 6.80. The lowest BCUT2D eigenvalue weighted by Gasteiger charge is -2.33. The lowest BCUT2D eigenvalue weighted by Crippen LogP contribution is -2.44. The summed E-state index contributed by atoms with van der Waals surface area (Å²) >= 11 is 0. The summed E-state index contributed by atoms with van der Waals surface area (Å²) in [6, 6.07) is 0. The van der Waals surface area contributed by atoms with E-state index in [1.165, 1.54) is 12.0 Å². The smallest absolute Gasteiger partial charge is 0.410 e. The normalized spacial score (nSPS) is 19.4. The maximum Gasteiger partial charge on any atom is 0.410 e. The number of carbonyl (C=O) groups excluding carboxylic acids is 3. The Morgan fingerprint density at radius 1 is 1.25 bits per heavy atom. The van der Waals surface area contributed by atoms with Gasteiger partial charge in [-0.1, -0.05) is 0 Å². The summed E-state index contributed by atoms with van der Waals surface area (Å²) in [5.74, 6) is -1.02. The van der Waals surface area contributed by atoms with Gasteiger partial charge >= 0.3 is 12.1 Å². The van der Waals surface area contributed by atoms with Crippen molar-refractivity contribution in [3.63, 3.8) is 0 Å². The van der Waals surface area contributed by atoms with Crippen LogP contribution in [0.3, 0.4) is 0 Å². The highest BCUT2D eigenvalue weighted by Gasteiger charge is 2.31. The van der Waals surface area contributed by atoms with Crippen LogP contribution in [-0.4, -0.2) is 48.5 Å². The van der Waals surface area contributed by atoms with Gasteiger partial charge in [0.2, 0.25) is 0 Å². The standard InChI is InChI=1S/C14H23NO5/c1-14(2,3)20-13(18)15-7-5-6-10(9-15)11(16)8-12(17)19-4/h10H,5-9H2,1-4H3/t10-/m0/s1. The first-order valence-corrected chi connectivity index (χ1v) is 6.80. The molecule has 1 aliphatic heterocycles. The molecule has 0 radical (unpaired) electrons. The molecule has 1 amide bonds. The molecule has 0 aromatic rings. The Kier molecular flexibility index (Phi) is 5.53. The maximum atomic E-state index is 12.0. The molecule has 114 valence electrons. The third-order valence-corrected chi connectivity index (χ3v) is 3.07. The zero-order valence-electron chi connectivity index (χ0n) is 12.6. The molecule has 1 heterocycles. The molecule has 1 aliphatic rings. The second-order valence-corrected chi connectivity index (χ2v) is 5.98. The number of esters is 1. The Hall–Kier alpha value is -1.59. The van der Waals surface area contributed by atoms with Crippen LogP contribution in [0, 0.1) is 5.92 Å². The van der Waals surface area contributed by atoms with Crippen molar-refractivity contribution in [3.8, 4) is 0 Å². The van der Waals surface area contributed by atoms with E-state index in [9.17, 15) is 14.4 Å². The third-order valence-electron chi connectivity index (χ3n) is 3.07. The molecule has 0 saturated carbocycles. The Balaban J connectivity index is 2.56. The summed E-state index contributed by atoms with van der Waals surface area (Å²) in [6.07, 6.45) is 0.781. The van der Waals surface area contributed by atoms with Crippen LogP contribution in [0.25, 0.3) is 0 Å². The van der Waals surface area contributed by atoms with E-state index in [1.54, 1.807) is 20.8 Å². The largest absolute Gasteiger partial charge is 0.469 e. The van der Waals surface area contributed by atoms with Crippen LogP contribution in [0.4, 0.5) is 4.79 Å². The lowest BCUT2D eigenvalue weighted by atomic mass is 9.92. The van der Waals surface area contributed by atoms with E-state index in [1.807, 2.05) is 0 Å². The fourth-order valence-corrected chi connectivity index (χ4v) is 2.09. The van der Waals surface area contributed by atoms with Crippen LogP contribution in [0.1, 0.15) is 40.0 Å². The maximum absolute atomic E-state index is 12.0. The molecule has 1 atom stereocenters. The van der Waals surface area contributed by atoms with Gasteiger partial charge in [-0.15, -0.1) is 0 Å². The molecule has 0 aromatic heterocycles. The number of amides is 1. The fraction of sp³-hybridized carbons (Fsp3) is 0.786. The Morgan fingerprint density at radius 3 is 2.45 bits per heavy atom. The first-order chi connectivity index (χ1) is 9.23. The van der Waals surface area contributed by atoms with E-state index in [0.717, 1.165) is 6.42 Å². The third kappa shape index (κ3) is 5.19. The van der Waals surface area contributed by atoms with E-state index < -0.39 is 17.7 Å². The molecule has 6 nitrogen and oxygen atoms in total. The van der Waals surface area contributed by atoms with Crippen LogP contribution in [0.5, 0.6) is 0 Å². The van der Waals surface area contributed by atoms with Gasteiger partial charge in [-0.2, -0.15) is 0 Å². The molecule has 0 aliphatic carbocycles. The van der Waals surface area contributed by atoms with Gasteiger partial charge in [-0.25, -0.2) is 4.79 Å². The number of methoxy groups -OCH3 is 1. The average Bonchev–Trinajstić information content (AvgIpc) is 2.36. The molecule has 0 bridgehead atoms. The predicted octanol–water partition coefficient (Wildman–Crippen LogP) is 1.77. The predicted molar refractivity (Wildman–Crippen MR) is 72.2 cm³/mol. The molecule has 0 unspecified atom stereocenters.